The monoisotopic (exact) mass is 400 g/mol. The normalized spacial score (nSPS) is 11.5. The number of nitrogens with one attached hydrogen (secondary N) is 1. The van der Waals surface area contributed by atoms with Crippen LogP contribution in [0, 0.1) is 17.5 Å². The standard InChI is InChI=1S/C11H5BrClF3N2O2S/c12-7-3-6(4-17-11(7)13)18-21(19,20)10-8(15)1-5(14)2-9(10)16/h1-4,18H. The van der Waals surface area contributed by atoms with E-state index < -0.39 is 32.4 Å². The number of pyridine rings is 1. The van der Waals surface area contributed by atoms with Crippen LogP contribution in [0.2, 0.25) is 5.15 Å². The molecule has 0 saturated heterocycles. The Bertz CT molecular complexity index is 794. The quantitative estimate of drug-likeness (QED) is 0.798. The fraction of sp³-hybridized carbons (Fsp3) is 0. The maximum absolute atomic E-state index is 13.5. The molecule has 0 saturated carbocycles. The lowest BCUT2D eigenvalue weighted by molar-refractivity contribution is 0.498. The zero-order valence-corrected chi connectivity index (χ0v) is 13.0. The van der Waals surface area contributed by atoms with Gasteiger partial charge in [-0.25, -0.2) is 26.6 Å². The summed E-state index contributed by atoms with van der Waals surface area (Å²) in [6.07, 6.45) is 1.06. The molecule has 0 amide bonds. The fourth-order valence-electron chi connectivity index (χ4n) is 1.47. The Kier molecular flexibility index (Phi) is 4.45. The predicted molar refractivity (Wildman–Crippen MR) is 74.1 cm³/mol. The summed E-state index contributed by atoms with van der Waals surface area (Å²) in [5.74, 6) is -4.30. The molecule has 1 N–H and O–H groups in total. The Morgan fingerprint density at radius 3 is 2.24 bits per heavy atom. The third-order valence-electron chi connectivity index (χ3n) is 2.28. The van der Waals surface area contributed by atoms with Crippen molar-refractivity contribution in [1.29, 1.82) is 0 Å². The summed E-state index contributed by atoms with van der Waals surface area (Å²) in [6.45, 7) is 0. The molecule has 4 nitrogen and oxygen atoms in total. The molecule has 2 aromatic rings. The largest absolute Gasteiger partial charge is 0.278 e. The molecule has 0 unspecified atom stereocenters. The first-order chi connectivity index (χ1) is 9.70. The zero-order valence-electron chi connectivity index (χ0n) is 9.87. The minimum absolute atomic E-state index is 0.0746. The molecular formula is C11H5BrClF3N2O2S. The number of nitrogens with zero attached hydrogens (tertiary/aromatic N) is 1. The average Bonchev–Trinajstić information content (AvgIpc) is 2.31. The second-order valence-electron chi connectivity index (χ2n) is 3.80. The van der Waals surface area contributed by atoms with Crippen molar-refractivity contribution in [2.45, 2.75) is 4.90 Å². The van der Waals surface area contributed by atoms with E-state index in [1.165, 1.54) is 6.07 Å². The van der Waals surface area contributed by atoms with E-state index in [-0.39, 0.29) is 27.4 Å². The van der Waals surface area contributed by atoms with Gasteiger partial charge < -0.3 is 0 Å². The van der Waals surface area contributed by atoms with Gasteiger partial charge in [-0.2, -0.15) is 0 Å². The molecule has 0 aliphatic heterocycles. The molecule has 0 aliphatic rings. The topological polar surface area (TPSA) is 59.1 Å². The molecule has 21 heavy (non-hydrogen) atoms. The van der Waals surface area contributed by atoms with Gasteiger partial charge in [0.1, 0.15) is 22.6 Å². The first-order valence-corrected chi connectivity index (χ1v) is 7.84. The van der Waals surface area contributed by atoms with Crippen molar-refractivity contribution < 1.29 is 21.6 Å². The van der Waals surface area contributed by atoms with Gasteiger partial charge in [-0.15, -0.1) is 0 Å². The van der Waals surface area contributed by atoms with Gasteiger partial charge in [-0.3, -0.25) is 4.72 Å². The van der Waals surface area contributed by atoms with Crippen LogP contribution in [0.4, 0.5) is 18.9 Å². The number of hydrogen-bond acceptors (Lipinski definition) is 3. The number of benzene rings is 1. The Balaban J connectivity index is 2.46. The Morgan fingerprint density at radius 1 is 1.14 bits per heavy atom. The van der Waals surface area contributed by atoms with Gasteiger partial charge in [0.25, 0.3) is 10.0 Å². The van der Waals surface area contributed by atoms with Crippen LogP contribution in [-0.4, -0.2) is 13.4 Å². The maximum Gasteiger partial charge on any atom is 0.267 e. The van der Waals surface area contributed by atoms with E-state index in [1.54, 1.807) is 0 Å². The fourth-order valence-corrected chi connectivity index (χ4v) is 3.08. The van der Waals surface area contributed by atoms with Crippen LogP contribution in [0.25, 0.3) is 0 Å². The lowest BCUT2D eigenvalue weighted by atomic mass is 10.3. The van der Waals surface area contributed by atoms with Crippen molar-refractivity contribution in [3.05, 3.63) is 51.5 Å². The van der Waals surface area contributed by atoms with Crippen molar-refractivity contribution in [2.24, 2.45) is 0 Å². The minimum Gasteiger partial charge on any atom is -0.278 e. The van der Waals surface area contributed by atoms with Gasteiger partial charge in [0.05, 0.1) is 16.4 Å². The molecule has 0 bridgehead atoms. The summed E-state index contributed by atoms with van der Waals surface area (Å²) in [5, 5.41) is 0.0806. The summed E-state index contributed by atoms with van der Waals surface area (Å²) in [7, 11) is -4.59. The van der Waals surface area contributed by atoms with Crippen molar-refractivity contribution in [1.82, 2.24) is 4.98 Å². The number of hydrogen-bond donors (Lipinski definition) is 1. The van der Waals surface area contributed by atoms with Gasteiger partial charge in [0.2, 0.25) is 0 Å². The second kappa shape index (κ2) is 5.82. The second-order valence-corrected chi connectivity index (χ2v) is 6.63. The van der Waals surface area contributed by atoms with E-state index in [2.05, 4.69) is 20.9 Å². The summed E-state index contributed by atoms with van der Waals surface area (Å²) < 4.78 is 65.9. The average molecular weight is 402 g/mol. The van der Waals surface area contributed by atoms with Crippen molar-refractivity contribution >= 4 is 43.2 Å². The summed E-state index contributed by atoms with van der Waals surface area (Å²) in [4.78, 5) is 2.38. The highest BCUT2D eigenvalue weighted by Gasteiger charge is 2.25. The van der Waals surface area contributed by atoms with Gasteiger partial charge in [-0.1, -0.05) is 11.6 Å². The molecule has 1 aromatic heterocycles. The van der Waals surface area contributed by atoms with Gasteiger partial charge in [0.15, 0.2) is 4.90 Å². The molecule has 1 aromatic carbocycles. The van der Waals surface area contributed by atoms with Crippen LogP contribution in [0.5, 0.6) is 0 Å². The van der Waals surface area contributed by atoms with Crippen LogP contribution in [0.3, 0.4) is 0 Å². The van der Waals surface area contributed by atoms with Crippen molar-refractivity contribution in [3.8, 4) is 0 Å². The van der Waals surface area contributed by atoms with Gasteiger partial charge >= 0.3 is 0 Å². The van der Waals surface area contributed by atoms with E-state index in [0.717, 1.165) is 6.20 Å². The van der Waals surface area contributed by atoms with Crippen LogP contribution < -0.4 is 4.72 Å². The molecule has 0 radical (unpaired) electrons. The van der Waals surface area contributed by atoms with E-state index in [4.69, 9.17) is 11.6 Å². The Hall–Kier alpha value is -1.32. The molecular weight excluding hydrogens is 397 g/mol. The first-order valence-electron chi connectivity index (χ1n) is 5.19. The Morgan fingerprint density at radius 2 is 1.71 bits per heavy atom. The summed E-state index contributed by atoms with van der Waals surface area (Å²) in [6, 6.07) is 1.80. The third-order valence-corrected chi connectivity index (χ3v) is 4.85. The van der Waals surface area contributed by atoms with Crippen LogP contribution in [0.15, 0.2) is 33.8 Å². The highest BCUT2D eigenvalue weighted by atomic mass is 79.9. The predicted octanol–water partition coefficient (Wildman–Crippen LogP) is 3.72. The first kappa shape index (κ1) is 16.1. The van der Waals surface area contributed by atoms with Gasteiger partial charge in [-0.05, 0) is 22.0 Å². The third kappa shape index (κ3) is 3.47. The molecule has 0 spiro atoms. The summed E-state index contributed by atoms with van der Waals surface area (Å²) >= 11 is 8.66. The SMILES string of the molecule is O=S(=O)(Nc1cnc(Cl)c(Br)c1)c1c(F)cc(F)cc1F. The minimum atomic E-state index is -4.59. The van der Waals surface area contributed by atoms with E-state index in [9.17, 15) is 21.6 Å². The maximum atomic E-state index is 13.5. The molecule has 1 heterocycles. The molecule has 2 rings (SSSR count). The highest BCUT2D eigenvalue weighted by Crippen LogP contribution is 2.26. The zero-order chi connectivity index (χ0) is 15.8. The lowest BCUT2D eigenvalue weighted by Crippen LogP contribution is -2.17. The van der Waals surface area contributed by atoms with Crippen LogP contribution in [-0.2, 0) is 10.0 Å². The lowest BCUT2D eigenvalue weighted by Gasteiger charge is -2.10. The molecule has 0 fully saturated rings. The molecule has 0 atom stereocenters. The summed E-state index contributed by atoms with van der Waals surface area (Å²) in [5.41, 5.74) is -0.0746. The number of aromatic nitrogens is 1. The van der Waals surface area contributed by atoms with Crippen LogP contribution in [0.1, 0.15) is 0 Å². The van der Waals surface area contributed by atoms with Gasteiger partial charge in [0, 0.05) is 12.1 Å². The van der Waals surface area contributed by atoms with E-state index in [1.807, 2.05) is 4.72 Å². The molecule has 0 aliphatic carbocycles. The number of rotatable bonds is 3. The van der Waals surface area contributed by atoms with Crippen LogP contribution >= 0.6 is 27.5 Å². The molecule has 112 valence electrons. The number of halogens is 5. The highest BCUT2D eigenvalue weighted by molar-refractivity contribution is 9.10. The van der Waals surface area contributed by atoms with E-state index >= 15 is 0 Å². The number of sulfonamides is 1. The van der Waals surface area contributed by atoms with Crippen molar-refractivity contribution in [3.63, 3.8) is 0 Å². The smallest absolute Gasteiger partial charge is 0.267 e. The Labute approximate surface area is 131 Å². The number of anilines is 1. The van der Waals surface area contributed by atoms with E-state index in [0.29, 0.717) is 0 Å². The molecule has 10 heteroatoms. The van der Waals surface area contributed by atoms with Crippen molar-refractivity contribution in [2.75, 3.05) is 4.72 Å².